The fourth-order valence-electron chi connectivity index (χ4n) is 2.56. The van der Waals surface area contributed by atoms with E-state index in [0.717, 1.165) is 6.54 Å². The normalized spacial score (nSPS) is 20.1. The van der Waals surface area contributed by atoms with Crippen LogP contribution in [0.5, 0.6) is 0 Å². The molecule has 1 nitrogen and oxygen atoms in total. The second-order valence-corrected chi connectivity index (χ2v) is 11.8. The molecule has 90 valence electrons. The van der Waals surface area contributed by atoms with E-state index in [2.05, 4.69) is 67.4 Å². The minimum absolute atomic E-state index is 0.431. The molecule has 0 spiro atoms. The smallest absolute Gasteiger partial charge is 0.293 e. The Morgan fingerprint density at radius 1 is 1.29 bits per heavy atom. The average Bonchev–Trinajstić information content (AvgIpc) is 2.73. The average molecular weight is 264 g/mol. The summed E-state index contributed by atoms with van der Waals surface area (Å²) in [6, 6.07) is 10.7. The molecule has 1 aliphatic heterocycles. The topological polar surface area (TPSA) is 3.24 Å². The molecule has 0 N–H and O–H groups in total. The summed E-state index contributed by atoms with van der Waals surface area (Å²) in [6.07, 6.45) is 4.53. The molecule has 1 atom stereocenters. The quantitative estimate of drug-likeness (QED) is 0.598. The van der Waals surface area contributed by atoms with Gasteiger partial charge in [-0.05, 0) is 18.6 Å². The summed E-state index contributed by atoms with van der Waals surface area (Å²) >= 11 is 6.67. The van der Waals surface area contributed by atoms with Gasteiger partial charge < -0.3 is 4.81 Å². The standard InChI is InChI=1S/C13H19BClNSi/c1-4-16-11-10-13(17(2,3)15)14(16)12-8-6-5-7-9-12/h5-11,13H,4H2,1-3H3. The molecule has 0 aromatic heterocycles. The van der Waals surface area contributed by atoms with Crippen LogP contribution in [0, 0.1) is 0 Å². The van der Waals surface area contributed by atoms with Crippen molar-refractivity contribution in [2.75, 3.05) is 6.54 Å². The Morgan fingerprint density at radius 2 is 1.94 bits per heavy atom. The molecular formula is C13H19BClNSi. The molecule has 0 radical (unpaired) electrons. The summed E-state index contributed by atoms with van der Waals surface area (Å²) in [5.41, 5.74) is 1.87. The molecule has 0 saturated carbocycles. The van der Waals surface area contributed by atoms with E-state index in [1.165, 1.54) is 5.46 Å². The van der Waals surface area contributed by atoms with E-state index in [1.54, 1.807) is 0 Å². The van der Waals surface area contributed by atoms with Gasteiger partial charge in [-0.3, -0.25) is 0 Å². The van der Waals surface area contributed by atoms with Gasteiger partial charge in [0.1, 0.15) is 0 Å². The Bertz CT molecular complexity index is 402. The lowest BCUT2D eigenvalue weighted by Crippen LogP contribution is -2.50. The van der Waals surface area contributed by atoms with Gasteiger partial charge >= 0.3 is 0 Å². The third kappa shape index (κ3) is 2.61. The lowest BCUT2D eigenvalue weighted by molar-refractivity contribution is 0.625. The van der Waals surface area contributed by atoms with Crippen molar-refractivity contribution >= 4 is 30.8 Å². The zero-order valence-electron chi connectivity index (χ0n) is 10.7. The van der Waals surface area contributed by atoms with E-state index >= 15 is 0 Å². The maximum absolute atomic E-state index is 6.67. The summed E-state index contributed by atoms with van der Waals surface area (Å²) in [6.45, 7) is 8.14. The van der Waals surface area contributed by atoms with Gasteiger partial charge in [0.15, 0.2) is 7.38 Å². The Kier molecular flexibility index (Phi) is 3.69. The fraction of sp³-hybridized carbons (Fsp3) is 0.385. The highest BCUT2D eigenvalue weighted by Crippen LogP contribution is 2.34. The molecule has 4 heteroatoms. The van der Waals surface area contributed by atoms with Gasteiger partial charge in [-0.15, -0.1) is 0 Å². The third-order valence-electron chi connectivity index (χ3n) is 3.48. The van der Waals surface area contributed by atoms with E-state index in [4.69, 9.17) is 11.1 Å². The van der Waals surface area contributed by atoms with Crippen molar-refractivity contribution in [3.63, 3.8) is 0 Å². The van der Waals surface area contributed by atoms with Gasteiger partial charge in [0, 0.05) is 6.54 Å². The maximum atomic E-state index is 6.67. The first-order valence-electron chi connectivity index (χ1n) is 6.22. The van der Waals surface area contributed by atoms with Crippen LogP contribution in [0.25, 0.3) is 0 Å². The van der Waals surface area contributed by atoms with Crippen LogP contribution < -0.4 is 5.46 Å². The fourth-order valence-corrected chi connectivity index (χ4v) is 4.82. The van der Waals surface area contributed by atoms with Crippen LogP contribution in [0.3, 0.4) is 0 Å². The van der Waals surface area contributed by atoms with Crippen LogP contribution in [0.4, 0.5) is 0 Å². The van der Waals surface area contributed by atoms with Crippen LogP contribution in [0.2, 0.25) is 18.5 Å². The van der Waals surface area contributed by atoms with Crippen LogP contribution in [-0.4, -0.2) is 25.6 Å². The first-order chi connectivity index (χ1) is 8.04. The molecule has 0 aliphatic carbocycles. The van der Waals surface area contributed by atoms with Gasteiger partial charge in [-0.25, -0.2) is 0 Å². The number of allylic oxidation sites excluding steroid dienone is 1. The van der Waals surface area contributed by atoms with Crippen molar-refractivity contribution in [3.05, 3.63) is 42.6 Å². The van der Waals surface area contributed by atoms with Crippen molar-refractivity contribution in [2.45, 2.75) is 25.5 Å². The van der Waals surface area contributed by atoms with Crippen LogP contribution >= 0.6 is 11.1 Å². The predicted octanol–water partition coefficient (Wildman–Crippen LogP) is 3.09. The summed E-state index contributed by atoms with van der Waals surface area (Å²) in [5, 5.41) is 0. The Hall–Kier alpha value is -0.668. The van der Waals surface area contributed by atoms with Crippen LogP contribution in [0.15, 0.2) is 42.6 Å². The second-order valence-electron chi connectivity index (χ2n) is 5.12. The van der Waals surface area contributed by atoms with Crippen molar-refractivity contribution in [3.8, 4) is 0 Å². The van der Waals surface area contributed by atoms with Gasteiger partial charge in [0.25, 0.3) is 6.85 Å². The Balaban J connectivity index is 2.34. The van der Waals surface area contributed by atoms with Crippen molar-refractivity contribution in [1.29, 1.82) is 0 Å². The van der Waals surface area contributed by atoms with E-state index in [9.17, 15) is 0 Å². The van der Waals surface area contributed by atoms with Gasteiger partial charge in [-0.1, -0.05) is 55.0 Å². The van der Waals surface area contributed by atoms with Crippen LogP contribution in [-0.2, 0) is 0 Å². The van der Waals surface area contributed by atoms with E-state index in [1.807, 2.05) is 0 Å². The number of hydrogen-bond donors (Lipinski definition) is 0. The highest BCUT2D eigenvalue weighted by molar-refractivity contribution is 7.24. The third-order valence-corrected chi connectivity index (χ3v) is 6.33. The number of nitrogens with zero attached hydrogens (tertiary/aromatic N) is 1. The monoisotopic (exact) mass is 263 g/mol. The molecule has 1 aromatic carbocycles. The van der Waals surface area contributed by atoms with Gasteiger partial charge in [0.2, 0.25) is 0 Å². The molecule has 1 heterocycles. The van der Waals surface area contributed by atoms with E-state index in [0.29, 0.717) is 12.3 Å². The number of rotatable bonds is 3. The molecule has 0 fully saturated rings. The van der Waals surface area contributed by atoms with Gasteiger partial charge in [0.05, 0.1) is 0 Å². The zero-order chi connectivity index (χ0) is 12.5. The molecule has 0 bridgehead atoms. The van der Waals surface area contributed by atoms with Crippen molar-refractivity contribution in [2.24, 2.45) is 0 Å². The Labute approximate surface area is 110 Å². The molecule has 1 aliphatic rings. The second kappa shape index (κ2) is 4.91. The molecule has 2 rings (SSSR count). The first-order valence-corrected chi connectivity index (χ1v) is 10.3. The number of halogens is 1. The summed E-state index contributed by atoms with van der Waals surface area (Å²) < 4.78 is 0. The highest BCUT2D eigenvalue weighted by Gasteiger charge is 2.43. The number of hydrogen-bond acceptors (Lipinski definition) is 1. The lowest BCUT2D eigenvalue weighted by Gasteiger charge is -2.30. The largest absolute Gasteiger partial charge is 0.417 e. The number of benzene rings is 1. The minimum Gasteiger partial charge on any atom is -0.417 e. The first kappa shape index (κ1) is 12.8. The molecule has 0 amide bonds. The van der Waals surface area contributed by atoms with Crippen molar-refractivity contribution < 1.29 is 0 Å². The summed E-state index contributed by atoms with van der Waals surface area (Å²) in [5.74, 6) is 0. The van der Waals surface area contributed by atoms with Crippen LogP contribution in [0.1, 0.15) is 6.92 Å². The lowest BCUT2D eigenvalue weighted by atomic mass is 9.53. The van der Waals surface area contributed by atoms with Crippen molar-refractivity contribution in [1.82, 2.24) is 4.81 Å². The summed E-state index contributed by atoms with van der Waals surface area (Å²) in [7, 11) is -1.68. The molecule has 1 aromatic rings. The SMILES string of the molecule is CCN1C=CC([Si](C)(C)Cl)B1c1ccccc1. The molecule has 17 heavy (non-hydrogen) atoms. The van der Waals surface area contributed by atoms with E-state index < -0.39 is 7.38 Å². The molecule has 0 saturated heterocycles. The highest BCUT2D eigenvalue weighted by atomic mass is 35.6. The predicted molar refractivity (Wildman–Crippen MR) is 80.4 cm³/mol. The van der Waals surface area contributed by atoms with E-state index in [-0.39, 0.29) is 0 Å². The summed E-state index contributed by atoms with van der Waals surface area (Å²) in [4.78, 5) is 2.40. The maximum Gasteiger partial charge on any atom is 0.293 e. The zero-order valence-corrected chi connectivity index (χ0v) is 12.5. The Morgan fingerprint density at radius 3 is 2.47 bits per heavy atom. The molecular weight excluding hydrogens is 245 g/mol. The minimum atomic E-state index is -1.68. The molecule has 1 unspecified atom stereocenters. The van der Waals surface area contributed by atoms with Gasteiger partial charge in [-0.2, -0.15) is 11.1 Å².